The van der Waals surface area contributed by atoms with Gasteiger partial charge in [0.2, 0.25) is 5.95 Å². The molecular formula is C27H29F2N7O2. The fraction of sp³-hybridized carbons (Fsp3) is 0.370. The molecule has 1 fully saturated rings. The van der Waals surface area contributed by atoms with Crippen molar-refractivity contribution in [3.8, 4) is 0 Å². The summed E-state index contributed by atoms with van der Waals surface area (Å²) in [5.41, 5.74) is 2.34. The van der Waals surface area contributed by atoms with Gasteiger partial charge in [0.15, 0.2) is 5.82 Å². The Hall–Kier alpha value is -3.99. The van der Waals surface area contributed by atoms with Crippen LogP contribution in [-0.4, -0.2) is 73.7 Å². The van der Waals surface area contributed by atoms with Crippen molar-refractivity contribution < 1.29 is 18.7 Å². The van der Waals surface area contributed by atoms with Crippen LogP contribution in [-0.2, 0) is 6.42 Å². The molecule has 1 aliphatic rings. The van der Waals surface area contributed by atoms with E-state index in [2.05, 4.69) is 24.8 Å². The Kier molecular flexibility index (Phi) is 7.28. The van der Waals surface area contributed by atoms with Crippen molar-refractivity contribution in [1.82, 2.24) is 29.4 Å². The number of aryl methyl sites for hydroxylation is 1. The number of nitrogens with zero attached hydrogens (tertiary/aromatic N) is 7. The third-order valence-corrected chi connectivity index (χ3v) is 6.99. The summed E-state index contributed by atoms with van der Waals surface area (Å²) in [4.78, 5) is 33.3. The summed E-state index contributed by atoms with van der Waals surface area (Å²) in [7, 11) is 1.54. The van der Waals surface area contributed by atoms with Crippen LogP contribution in [0.25, 0.3) is 11.0 Å². The number of anilines is 1. The van der Waals surface area contributed by atoms with Crippen LogP contribution in [0.3, 0.4) is 0 Å². The van der Waals surface area contributed by atoms with Crippen LogP contribution in [0.2, 0.25) is 0 Å². The Labute approximate surface area is 218 Å². The number of aliphatic hydroxyl groups excluding tert-OH is 1. The van der Waals surface area contributed by atoms with E-state index >= 15 is 4.39 Å². The molecule has 4 heterocycles. The van der Waals surface area contributed by atoms with Gasteiger partial charge in [-0.05, 0) is 43.0 Å². The number of carbonyl (C=O) groups excluding carboxylic acids is 1. The molecule has 9 nitrogen and oxygen atoms in total. The number of fused-ring (bicyclic) bond motifs is 1. The maximum Gasteiger partial charge on any atom is 0.253 e. The van der Waals surface area contributed by atoms with E-state index in [0.29, 0.717) is 22.9 Å². The molecule has 0 radical (unpaired) electrons. The quantitative estimate of drug-likeness (QED) is 0.398. The molecule has 1 aliphatic heterocycles. The van der Waals surface area contributed by atoms with E-state index in [1.807, 2.05) is 11.5 Å². The van der Waals surface area contributed by atoms with Gasteiger partial charge in [-0.1, -0.05) is 6.07 Å². The van der Waals surface area contributed by atoms with Crippen LogP contribution in [0.1, 0.15) is 46.1 Å². The predicted octanol–water partition coefficient (Wildman–Crippen LogP) is 3.30. The van der Waals surface area contributed by atoms with Gasteiger partial charge in [0.25, 0.3) is 5.91 Å². The lowest BCUT2D eigenvalue weighted by atomic mass is 10.0. The highest BCUT2D eigenvalue weighted by molar-refractivity contribution is 5.94. The average Bonchev–Trinajstić information content (AvgIpc) is 3.27. The molecule has 5 rings (SSSR count). The number of aliphatic hydroxyl groups is 1. The van der Waals surface area contributed by atoms with E-state index in [-0.39, 0.29) is 36.6 Å². The molecule has 1 saturated heterocycles. The van der Waals surface area contributed by atoms with Gasteiger partial charge in [0.1, 0.15) is 17.8 Å². The lowest BCUT2D eigenvalue weighted by Gasteiger charge is -2.32. The van der Waals surface area contributed by atoms with E-state index < -0.39 is 17.5 Å². The molecule has 0 spiro atoms. The third-order valence-electron chi connectivity index (χ3n) is 6.99. The minimum atomic E-state index is -0.578. The first-order chi connectivity index (χ1) is 18.4. The Morgan fingerprint density at radius 1 is 1.11 bits per heavy atom. The van der Waals surface area contributed by atoms with Crippen LogP contribution in [0.4, 0.5) is 14.7 Å². The van der Waals surface area contributed by atoms with E-state index in [0.717, 1.165) is 37.6 Å². The fourth-order valence-electron chi connectivity index (χ4n) is 4.88. The Balaban J connectivity index is 1.35. The molecule has 0 saturated carbocycles. The number of carbonyl (C=O) groups is 1. The molecule has 38 heavy (non-hydrogen) atoms. The second-order valence-corrected chi connectivity index (χ2v) is 9.62. The normalized spacial score (nSPS) is 14.3. The Morgan fingerprint density at radius 3 is 2.53 bits per heavy atom. The van der Waals surface area contributed by atoms with Gasteiger partial charge in [0.05, 0.1) is 17.7 Å². The molecule has 0 unspecified atom stereocenters. The SMILES string of the molecule is Cc1cnc(N2CCC(n3cc(F)c4c(Cc5ccc(C(=O)N(C)CCO)cc5F)ncnc43)CC2)nc1. The van der Waals surface area contributed by atoms with Crippen molar-refractivity contribution in [3.05, 3.63) is 77.1 Å². The molecule has 1 amide bonds. The fourth-order valence-corrected chi connectivity index (χ4v) is 4.88. The number of benzene rings is 1. The van der Waals surface area contributed by atoms with Gasteiger partial charge in [-0.15, -0.1) is 0 Å². The monoisotopic (exact) mass is 521 g/mol. The van der Waals surface area contributed by atoms with Gasteiger partial charge in [0, 0.05) is 63.3 Å². The number of amides is 1. The molecule has 11 heteroatoms. The van der Waals surface area contributed by atoms with Crippen LogP contribution in [0.15, 0.2) is 43.1 Å². The van der Waals surface area contributed by atoms with Crippen molar-refractivity contribution in [2.45, 2.75) is 32.2 Å². The second-order valence-electron chi connectivity index (χ2n) is 9.62. The zero-order valence-electron chi connectivity index (χ0n) is 21.3. The Morgan fingerprint density at radius 2 is 1.84 bits per heavy atom. The lowest BCUT2D eigenvalue weighted by molar-refractivity contribution is 0.0766. The smallest absolute Gasteiger partial charge is 0.253 e. The minimum Gasteiger partial charge on any atom is -0.395 e. The number of hydrogen-bond donors (Lipinski definition) is 1. The zero-order chi connectivity index (χ0) is 26.8. The highest BCUT2D eigenvalue weighted by Crippen LogP contribution is 2.31. The standard InChI is InChI=1S/C27H29F2N7O2/c1-17-13-30-27(31-14-17)35-7-5-20(6-8-35)36-15-22(29)24-23(32-16-33-25(24)36)12-18-3-4-19(11-21(18)28)26(38)34(2)9-10-37/h3-4,11,13-16,20,37H,5-10,12H2,1-2H3. The summed E-state index contributed by atoms with van der Waals surface area (Å²) < 4.78 is 32.1. The predicted molar refractivity (Wildman–Crippen MR) is 138 cm³/mol. The molecule has 3 aromatic heterocycles. The lowest BCUT2D eigenvalue weighted by Crippen LogP contribution is -2.35. The number of likely N-dealkylation sites (N-methyl/N-ethyl adjacent to an activating group) is 1. The first kappa shape index (κ1) is 25.7. The number of hydrogen-bond acceptors (Lipinski definition) is 7. The topological polar surface area (TPSA) is 100 Å². The van der Waals surface area contributed by atoms with Crippen molar-refractivity contribution >= 4 is 22.9 Å². The summed E-state index contributed by atoms with van der Waals surface area (Å²) in [6.07, 6.45) is 8.03. The van der Waals surface area contributed by atoms with Crippen LogP contribution in [0, 0.1) is 18.6 Å². The van der Waals surface area contributed by atoms with Gasteiger partial charge in [-0.25, -0.2) is 28.7 Å². The molecule has 1 N–H and O–H groups in total. The van der Waals surface area contributed by atoms with Crippen LogP contribution < -0.4 is 4.90 Å². The maximum atomic E-state index is 15.2. The Bertz CT molecular complexity index is 1450. The number of piperidine rings is 1. The van der Waals surface area contributed by atoms with E-state index in [1.165, 1.54) is 36.6 Å². The number of rotatable bonds is 7. The van der Waals surface area contributed by atoms with Crippen LogP contribution >= 0.6 is 0 Å². The summed E-state index contributed by atoms with van der Waals surface area (Å²) >= 11 is 0. The minimum absolute atomic E-state index is 0.0457. The van der Waals surface area contributed by atoms with Crippen molar-refractivity contribution in [1.29, 1.82) is 0 Å². The van der Waals surface area contributed by atoms with Crippen molar-refractivity contribution in [2.75, 3.05) is 38.2 Å². The van der Waals surface area contributed by atoms with E-state index in [4.69, 9.17) is 5.11 Å². The molecule has 0 bridgehead atoms. The van der Waals surface area contributed by atoms with Crippen molar-refractivity contribution in [2.24, 2.45) is 0 Å². The third kappa shape index (κ3) is 5.06. The van der Waals surface area contributed by atoms with Crippen molar-refractivity contribution in [3.63, 3.8) is 0 Å². The molecule has 0 atom stereocenters. The summed E-state index contributed by atoms with van der Waals surface area (Å²) in [5, 5.41) is 9.31. The molecule has 198 valence electrons. The highest BCUT2D eigenvalue weighted by atomic mass is 19.1. The van der Waals surface area contributed by atoms with Gasteiger partial charge >= 0.3 is 0 Å². The second kappa shape index (κ2) is 10.8. The summed E-state index contributed by atoms with van der Waals surface area (Å²) in [6, 6.07) is 4.25. The van der Waals surface area contributed by atoms with Gasteiger partial charge in [-0.2, -0.15) is 0 Å². The average molecular weight is 522 g/mol. The van der Waals surface area contributed by atoms with Gasteiger partial charge < -0.3 is 19.5 Å². The molecule has 4 aromatic rings. The molecule has 1 aromatic carbocycles. The molecule has 0 aliphatic carbocycles. The first-order valence-corrected chi connectivity index (χ1v) is 12.5. The van der Waals surface area contributed by atoms with E-state index in [9.17, 15) is 9.18 Å². The van der Waals surface area contributed by atoms with Crippen LogP contribution in [0.5, 0.6) is 0 Å². The first-order valence-electron chi connectivity index (χ1n) is 12.5. The largest absolute Gasteiger partial charge is 0.395 e. The molecular weight excluding hydrogens is 492 g/mol. The highest BCUT2D eigenvalue weighted by Gasteiger charge is 2.26. The van der Waals surface area contributed by atoms with Gasteiger partial charge in [-0.3, -0.25) is 4.79 Å². The zero-order valence-corrected chi connectivity index (χ0v) is 21.3. The number of aromatic nitrogens is 5. The summed E-state index contributed by atoms with van der Waals surface area (Å²) in [6.45, 7) is 3.38. The number of halogens is 2. The summed E-state index contributed by atoms with van der Waals surface area (Å²) in [5.74, 6) is -0.725. The van der Waals surface area contributed by atoms with E-state index in [1.54, 1.807) is 12.4 Å². The maximum absolute atomic E-state index is 15.2.